The van der Waals surface area contributed by atoms with Gasteiger partial charge in [0.1, 0.15) is 29.9 Å². The molecule has 5 aromatic rings. The van der Waals surface area contributed by atoms with Gasteiger partial charge in [-0.3, -0.25) is 4.98 Å². The van der Waals surface area contributed by atoms with Gasteiger partial charge < -0.3 is 10.6 Å². The Morgan fingerprint density at radius 1 is 0.974 bits per heavy atom. The van der Waals surface area contributed by atoms with E-state index in [1.807, 2.05) is 6.07 Å². The Labute approximate surface area is 231 Å². The quantitative estimate of drug-likeness (QED) is 0.226. The summed E-state index contributed by atoms with van der Waals surface area (Å²) in [6.07, 6.45) is 3.01. The molecule has 2 aromatic heterocycles. The van der Waals surface area contributed by atoms with Crippen molar-refractivity contribution >= 4 is 51.2 Å². The molecule has 0 aliphatic rings. The Kier molecular flexibility index (Phi) is 7.24. The van der Waals surface area contributed by atoms with Crippen molar-refractivity contribution in [1.82, 2.24) is 20.0 Å². The lowest BCUT2D eigenvalue weighted by Crippen LogP contribution is -2.13. The van der Waals surface area contributed by atoms with Crippen LogP contribution in [0.3, 0.4) is 0 Å². The van der Waals surface area contributed by atoms with E-state index in [0.717, 1.165) is 0 Å². The lowest BCUT2D eigenvalue weighted by molar-refractivity contribution is 0.626. The number of hydrogen-bond donors (Lipinski definition) is 2. The molecule has 0 bridgehead atoms. The molecule has 192 valence electrons. The first-order valence-electron chi connectivity index (χ1n) is 11.4. The largest absolute Gasteiger partial charge is 0.373 e. The molecule has 2 heterocycles. The zero-order chi connectivity index (χ0) is 27.5. The number of fused-ring (bicyclic) bond motifs is 1. The van der Waals surface area contributed by atoms with Crippen molar-refractivity contribution in [2.75, 3.05) is 10.6 Å². The smallest absolute Gasteiger partial charge is 0.141 e. The fraction of sp³-hybridized carbons (Fsp3) is 0.0741. The first-order chi connectivity index (χ1) is 18.9. The lowest BCUT2D eigenvalue weighted by atomic mass is 10.0. The van der Waals surface area contributed by atoms with Gasteiger partial charge in [0.25, 0.3) is 0 Å². The van der Waals surface area contributed by atoms with Gasteiger partial charge in [0.05, 0.1) is 45.1 Å². The van der Waals surface area contributed by atoms with E-state index in [2.05, 4.69) is 32.0 Å². The second-order valence-electron chi connectivity index (χ2n) is 8.39. The van der Waals surface area contributed by atoms with Gasteiger partial charge in [-0.15, -0.1) is 5.10 Å². The molecule has 0 amide bonds. The Bertz CT molecular complexity index is 1770. The van der Waals surface area contributed by atoms with Crippen LogP contribution in [0, 0.1) is 34.3 Å². The second-order valence-corrected chi connectivity index (χ2v) is 9.21. The van der Waals surface area contributed by atoms with Gasteiger partial charge in [-0.05, 0) is 48.0 Å². The summed E-state index contributed by atoms with van der Waals surface area (Å²) in [5.41, 5.74) is 3.21. The highest BCUT2D eigenvalue weighted by atomic mass is 35.5. The van der Waals surface area contributed by atoms with E-state index in [1.165, 1.54) is 41.2 Å². The van der Waals surface area contributed by atoms with E-state index in [1.54, 1.807) is 30.5 Å². The van der Waals surface area contributed by atoms with E-state index in [-0.39, 0.29) is 17.1 Å². The van der Waals surface area contributed by atoms with Gasteiger partial charge in [0, 0.05) is 23.0 Å². The molecule has 0 aliphatic carbocycles. The molecular formula is C27H16Cl2F2N8. The van der Waals surface area contributed by atoms with Gasteiger partial charge in [0.15, 0.2) is 0 Å². The van der Waals surface area contributed by atoms with Crippen LogP contribution in [0.5, 0.6) is 0 Å². The molecule has 0 saturated heterocycles. The summed E-state index contributed by atoms with van der Waals surface area (Å²) in [4.78, 5) is 4.35. The van der Waals surface area contributed by atoms with Crippen molar-refractivity contribution < 1.29 is 8.78 Å². The summed E-state index contributed by atoms with van der Waals surface area (Å²) in [5.74, 6) is -0.971. The van der Waals surface area contributed by atoms with E-state index >= 15 is 0 Å². The maximum atomic E-state index is 13.7. The van der Waals surface area contributed by atoms with Crippen molar-refractivity contribution in [1.29, 1.82) is 10.5 Å². The molecular weight excluding hydrogens is 545 g/mol. The van der Waals surface area contributed by atoms with Gasteiger partial charge in [-0.2, -0.15) is 10.5 Å². The summed E-state index contributed by atoms with van der Waals surface area (Å²) < 4.78 is 28.8. The highest BCUT2D eigenvalue weighted by Crippen LogP contribution is 2.37. The number of benzene rings is 3. The monoisotopic (exact) mass is 560 g/mol. The van der Waals surface area contributed by atoms with E-state index in [4.69, 9.17) is 28.5 Å². The minimum absolute atomic E-state index is 0.00990. The summed E-state index contributed by atoms with van der Waals surface area (Å²) in [6, 6.07) is 16.9. The molecule has 3 aromatic carbocycles. The Balaban J connectivity index is 1.61. The summed E-state index contributed by atoms with van der Waals surface area (Å²) in [6.45, 7) is 0.00990. The number of pyridine rings is 1. The fourth-order valence-electron chi connectivity index (χ4n) is 4.03. The third kappa shape index (κ3) is 5.43. The van der Waals surface area contributed by atoms with E-state index < -0.39 is 17.7 Å². The molecule has 12 heteroatoms. The van der Waals surface area contributed by atoms with Crippen molar-refractivity contribution in [3.8, 4) is 12.1 Å². The average molecular weight is 561 g/mol. The Morgan fingerprint density at radius 3 is 2.46 bits per heavy atom. The molecule has 1 atom stereocenters. The molecule has 0 fully saturated rings. The molecule has 0 saturated carbocycles. The van der Waals surface area contributed by atoms with Crippen molar-refractivity contribution in [3.05, 3.63) is 105 Å². The Hall–Kier alpha value is -4.77. The van der Waals surface area contributed by atoms with Crippen LogP contribution < -0.4 is 10.6 Å². The van der Waals surface area contributed by atoms with Gasteiger partial charge >= 0.3 is 0 Å². The first-order valence-corrected chi connectivity index (χ1v) is 12.1. The number of nitrogens with zero attached hydrogens (tertiary/aromatic N) is 6. The highest BCUT2D eigenvalue weighted by molar-refractivity contribution is 6.36. The number of halogens is 4. The topological polar surface area (TPSA) is 115 Å². The number of aromatic nitrogens is 4. The number of nitriles is 2. The SMILES string of the molecule is N#CCn1cc(C(Nc2cc(Cl)c3ncc(C#N)c(Nc4ccc(F)c(Cl)c4)c3c2)c2ccc(F)cc2)nn1. The Morgan fingerprint density at radius 2 is 1.74 bits per heavy atom. The molecule has 0 spiro atoms. The number of hydrogen-bond acceptors (Lipinski definition) is 7. The van der Waals surface area contributed by atoms with Crippen LogP contribution in [0.2, 0.25) is 10.0 Å². The summed E-state index contributed by atoms with van der Waals surface area (Å²) in [7, 11) is 0. The van der Waals surface area contributed by atoms with Crippen molar-refractivity contribution in [3.63, 3.8) is 0 Å². The maximum absolute atomic E-state index is 13.7. The normalized spacial score (nSPS) is 11.5. The van der Waals surface area contributed by atoms with E-state index in [9.17, 15) is 14.0 Å². The number of rotatable bonds is 7. The van der Waals surface area contributed by atoms with E-state index in [0.29, 0.717) is 44.2 Å². The number of nitrogens with one attached hydrogen (secondary N) is 2. The second kappa shape index (κ2) is 10.9. The third-order valence-corrected chi connectivity index (χ3v) is 6.41. The third-order valence-electron chi connectivity index (χ3n) is 5.83. The van der Waals surface area contributed by atoms with Crippen LogP contribution in [0.1, 0.15) is 22.9 Å². The molecule has 2 N–H and O–H groups in total. The van der Waals surface area contributed by atoms with Gasteiger partial charge in [-0.25, -0.2) is 13.5 Å². The van der Waals surface area contributed by atoms with Gasteiger partial charge in [0.2, 0.25) is 0 Å². The average Bonchev–Trinajstić information content (AvgIpc) is 3.39. The molecule has 0 radical (unpaired) electrons. The first kappa shape index (κ1) is 25.9. The zero-order valence-corrected chi connectivity index (χ0v) is 21.3. The lowest BCUT2D eigenvalue weighted by Gasteiger charge is -2.20. The molecule has 8 nitrogen and oxygen atoms in total. The molecule has 39 heavy (non-hydrogen) atoms. The van der Waals surface area contributed by atoms with Crippen LogP contribution in [0.15, 0.2) is 67.0 Å². The van der Waals surface area contributed by atoms with Crippen LogP contribution in [0.4, 0.5) is 25.8 Å². The highest BCUT2D eigenvalue weighted by Gasteiger charge is 2.20. The predicted molar refractivity (Wildman–Crippen MR) is 144 cm³/mol. The summed E-state index contributed by atoms with van der Waals surface area (Å²) in [5, 5.41) is 34.2. The molecule has 0 aliphatic heterocycles. The summed E-state index contributed by atoms with van der Waals surface area (Å²) >= 11 is 12.6. The van der Waals surface area contributed by atoms with Crippen LogP contribution in [-0.2, 0) is 6.54 Å². The molecule has 1 unspecified atom stereocenters. The van der Waals surface area contributed by atoms with Crippen LogP contribution in [-0.4, -0.2) is 20.0 Å². The van der Waals surface area contributed by atoms with Crippen molar-refractivity contribution in [2.24, 2.45) is 0 Å². The minimum atomic E-state index is -0.592. The fourth-order valence-corrected chi connectivity index (χ4v) is 4.47. The van der Waals surface area contributed by atoms with Gasteiger partial charge in [-0.1, -0.05) is 40.5 Å². The maximum Gasteiger partial charge on any atom is 0.141 e. The minimum Gasteiger partial charge on any atom is -0.373 e. The van der Waals surface area contributed by atoms with Crippen LogP contribution >= 0.6 is 23.2 Å². The molecule has 5 rings (SSSR count). The standard InChI is InChI=1S/C27H16Cl2F2N8/c28-21-10-18(5-6-23(21)31)35-25-16(12-33)13-34-27-20(25)9-19(11-22(27)29)36-26(15-1-3-17(30)4-2-15)24-14-39(8-7-32)38-37-24/h1-6,9-11,13-14,26,36H,8H2,(H,34,35). The zero-order valence-electron chi connectivity index (χ0n) is 19.8. The van der Waals surface area contributed by atoms with Crippen molar-refractivity contribution in [2.45, 2.75) is 12.6 Å². The predicted octanol–water partition coefficient (Wildman–Crippen LogP) is 6.75. The number of anilines is 3. The van der Waals surface area contributed by atoms with Crippen LogP contribution in [0.25, 0.3) is 10.9 Å².